The summed E-state index contributed by atoms with van der Waals surface area (Å²) in [6.45, 7) is 7.16. The Balaban J connectivity index is 3.38. The van der Waals surface area contributed by atoms with Crippen LogP contribution in [0.1, 0.15) is 65.7 Å². The fourth-order valence-electron chi connectivity index (χ4n) is 1.86. The molecule has 0 aromatic carbocycles. The fourth-order valence-corrected chi connectivity index (χ4v) is 1.86. The molecule has 3 nitrogen and oxygen atoms in total. The molecule has 0 rings (SSSR count). The molecule has 102 valence electrons. The van der Waals surface area contributed by atoms with Crippen LogP contribution in [0.15, 0.2) is 0 Å². The molecule has 3 heteroatoms. The van der Waals surface area contributed by atoms with Crippen LogP contribution in [0.4, 0.5) is 0 Å². The lowest BCUT2D eigenvalue weighted by molar-refractivity contribution is -0.122. The predicted octanol–water partition coefficient (Wildman–Crippen LogP) is 2.84. The Bertz CT molecular complexity index is 193. The summed E-state index contributed by atoms with van der Waals surface area (Å²) in [6.07, 6.45) is 8.25. The summed E-state index contributed by atoms with van der Waals surface area (Å²) in [5, 5.41) is 2.91. The molecule has 0 aliphatic heterocycles. The van der Waals surface area contributed by atoms with Crippen molar-refractivity contribution in [1.82, 2.24) is 5.32 Å². The molecular weight excluding hydrogens is 212 g/mol. The first-order valence-corrected chi connectivity index (χ1v) is 7.11. The van der Waals surface area contributed by atoms with Gasteiger partial charge in [0.25, 0.3) is 0 Å². The van der Waals surface area contributed by atoms with E-state index in [0.29, 0.717) is 5.92 Å². The normalized spacial score (nSPS) is 12.8. The van der Waals surface area contributed by atoms with Crippen LogP contribution in [0, 0.1) is 5.92 Å². The van der Waals surface area contributed by atoms with Crippen LogP contribution < -0.4 is 11.1 Å². The maximum absolute atomic E-state index is 11.6. The van der Waals surface area contributed by atoms with E-state index in [9.17, 15) is 4.79 Å². The fraction of sp³-hybridized carbons (Fsp3) is 0.929. The zero-order chi connectivity index (χ0) is 13.1. The quantitative estimate of drug-likeness (QED) is 0.579. The maximum Gasteiger partial charge on any atom is 0.236 e. The third-order valence-electron chi connectivity index (χ3n) is 2.89. The van der Waals surface area contributed by atoms with Crippen LogP contribution in [0.3, 0.4) is 0 Å². The van der Waals surface area contributed by atoms with Gasteiger partial charge in [-0.3, -0.25) is 4.79 Å². The minimum atomic E-state index is -0.338. The number of nitrogens with two attached hydrogens (primary N) is 1. The number of carbonyl (C=O) groups is 1. The lowest BCUT2D eigenvalue weighted by Crippen LogP contribution is -2.41. The van der Waals surface area contributed by atoms with Crippen molar-refractivity contribution in [3.8, 4) is 0 Å². The van der Waals surface area contributed by atoms with Crippen LogP contribution in [-0.4, -0.2) is 18.5 Å². The van der Waals surface area contributed by atoms with Crippen molar-refractivity contribution in [3.05, 3.63) is 0 Å². The lowest BCUT2D eigenvalue weighted by Gasteiger charge is -2.13. The molecular formula is C14H30N2O. The van der Waals surface area contributed by atoms with Gasteiger partial charge in [-0.05, 0) is 18.8 Å². The van der Waals surface area contributed by atoms with Crippen molar-refractivity contribution in [1.29, 1.82) is 0 Å². The van der Waals surface area contributed by atoms with Crippen LogP contribution >= 0.6 is 0 Å². The van der Waals surface area contributed by atoms with Gasteiger partial charge < -0.3 is 11.1 Å². The molecule has 17 heavy (non-hydrogen) atoms. The number of hydrogen-bond donors (Lipinski definition) is 2. The highest BCUT2D eigenvalue weighted by Crippen LogP contribution is 2.05. The second-order valence-corrected chi connectivity index (χ2v) is 5.29. The highest BCUT2D eigenvalue weighted by molar-refractivity contribution is 5.81. The van der Waals surface area contributed by atoms with Gasteiger partial charge in [-0.1, -0.05) is 52.9 Å². The molecule has 0 bridgehead atoms. The Morgan fingerprint density at radius 3 is 2.29 bits per heavy atom. The van der Waals surface area contributed by atoms with E-state index in [-0.39, 0.29) is 11.9 Å². The van der Waals surface area contributed by atoms with Gasteiger partial charge in [0, 0.05) is 6.54 Å². The lowest BCUT2D eigenvalue weighted by atomic mass is 10.0. The Kier molecular flexibility index (Phi) is 10.2. The molecule has 0 saturated heterocycles. The van der Waals surface area contributed by atoms with E-state index in [2.05, 4.69) is 26.1 Å². The summed E-state index contributed by atoms with van der Waals surface area (Å²) in [5.74, 6) is 0.483. The molecule has 0 aromatic heterocycles. The van der Waals surface area contributed by atoms with Gasteiger partial charge in [0.1, 0.15) is 0 Å². The average molecular weight is 242 g/mol. The van der Waals surface area contributed by atoms with E-state index < -0.39 is 0 Å². The molecule has 0 aliphatic carbocycles. The smallest absolute Gasteiger partial charge is 0.236 e. The summed E-state index contributed by atoms with van der Waals surface area (Å²) < 4.78 is 0. The molecule has 0 aliphatic rings. The third-order valence-corrected chi connectivity index (χ3v) is 2.89. The molecule has 0 radical (unpaired) electrons. The Morgan fingerprint density at radius 2 is 1.71 bits per heavy atom. The highest BCUT2D eigenvalue weighted by Gasteiger charge is 2.13. The molecule has 0 spiro atoms. The van der Waals surface area contributed by atoms with E-state index in [1.807, 2.05) is 0 Å². The van der Waals surface area contributed by atoms with E-state index in [1.54, 1.807) is 0 Å². The van der Waals surface area contributed by atoms with Crippen molar-refractivity contribution in [2.45, 2.75) is 71.8 Å². The monoisotopic (exact) mass is 242 g/mol. The third kappa shape index (κ3) is 10.3. The zero-order valence-electron chi connectivity index (χ0n) is 11.8. The number of nitrogens with one attached hydrogen (secondary N) is 1. The van der Waals surface area contributed by atoms with Crippen LogP contribution in [0.2, 0.25) is 0 Å². The topological polar surface area (TPSA) is 55.1 Å². The highest BCUT2D eigenvalue weighted by atomic mass is 16.2. The predicted molar refractivity (Wildman–Crippen MR) is 73.8 cm³/mol. The van der Waals surface area contributed by atoms with Crippen molar-refractivity contribution < 1.29 is 4.79 Å². The van der Waals surface area contributed by atoms with Gasteiger partial charge in [-0.25, -0.2) is 0 Å². The first kappa shape index (κ1) is 16.4. The van der Waals surface area contributed by atoms with E-state index in [1.165, 1.54) is 32.1 Å². The van der Waals surface area contributed by atoms with Crippen LogP contribution in [0.25, 0.3) is 0 Å². The zero-order valence-corrected chi connectivity index (χ0v) is 11.8. The van der Waals surface area contributed by atoms with Crippen LogP contribution in [-0.2, 0) is 4.79 Å². The number of unbranched alkanes of at least 4 members (excludes halogenated alkanes) is 5. The number of carbonyl (C=O) groups excluding carboxylic acids is 1. The summed E-state index contributed by atoms with van der Waals surface area (Å²) in [7, 11) is 0. The van der Waals surface area contributed by atoms with Gasteiger partial charge in [-0.15, -0.1) is 0 Å². The summed E-state index contributed by atoms with van der Waals surface area (Å²) in [4.78, 5) is 11.6. The second-order valence-electron chi connectivity index (χ2n) is 5.29. The van der Waals surface area contributed by atoms with Gasteiger partial charge in [0.05, 0.1) is 6.04 Å². The second kappa shape index (κ2) is 10.6. The number of hydrogen-bond acceptors (Lipinski definition) is 2. The van der Waals surface area contributed by atoms with Gasteiger partial charge in [0.2, 0.25) is 5.91 Å². The molecule has 0 fully saturated rings. The first-order valence-electron chi connectivity index (χ1n) is 7.11. The van der Waals surface area contributed by atoms with Crippen molar-refractivity contribution >= 4 is 5.91 Å². The minimum absolute atomic E-state index is 0.00672. The van der Waals surface area contributed by atoms with E-state index in [0.717, 1.165) is 19.4 Å². The van der Waals surface area contributed by atoms with Crippen molar-refractivity contribution in [3.63, 3.8) is 0 Å². The molecule has 3 N–H and O–H groups in total. The Labute approximate surface area is 107 Å². The molecule has 0 heterocycles. The van der Waals surface area contributed by atoms with Gasteiger partial charge >= 0.3 is 0 Å². The number of amides is 1. The molecule has 1 amide bonds. The minimum Gasteiger partial charge on any atom is -0.355 e. The van der Waals surface area contributed by atoms with Gasteiger partial charge in [0.15, 0.2) is 0 Å². The molecule has 1 atom stereocenters. The standard InChI is InChI=1S/C14H30N2O/c1-4-5-6-7-8-9-10-16-14(17)13(15)11-12(2)3/h12-13H,4-11,15H2,1-3H3,(H,16,17)/t13-/m0/s1. The van der Waals surface area contributed by atoms with Crippen molar-refractivity contribution in [2.24, 2.45) is 11.7 Å². The van der Waals surface area contributed by atoms with Gasteiger partial charge in [-0.2, -0.15) is 0 Å². The van der Waals surface area contributed by atoms with E-state index in [4.69, 9.17) is 5.73 Å². The number of rotatable bonds is 10. The summed E-state index contributed by atoms with van der Waals surface area (Å²) in [6, 6.07) is -0.338. The molecule has 0 saturated carbocycles. The SMILES string of the molecule is CCCCCCCCNC(=O)[C@@H](N)CC(C)C. The molecule has 0 unspecified atom stereocenters. The Morgan fingerprint density at radius 1 is 1.12 bits per heavy atom. The summed E-state index contributed by atoms with van der Waals surface area (Å²) >= 11 is 0. The average Bonchev–Trinajstić information content (AvgIpc) is 2.26. The molecule has 0 aromatic rings. The Hall–Kier alpha value is -0.570. The van der Waals surface area contributed by atoms with Crippen molar-refractivity contribution in [2.75, 3.05) is 6.54 Å². The maximum atomic E-state index is 11.6. The van der Waals surface area contributed by atoms with E-state index >= 15 is 0 Å². The largest absolute Gasteiger partial charge is 0.355 e. The van der Waals surface area contributed by atoms with Crippen LogP contribution in [0.5, 0.6) is 0 Å². The summed E-state index contributed by atoms with van der Waals surface area (Å²) in [5.41, 5.74) is 5.79. The first-order chi connectivity index (χ1) is 8.07.